The van der Waals surface area contributed by atoms with Gasteiger partial charge in [0, 0.05) is 0 Å². The Morgan fingerprint density at radius 1 is 1.12 bits per heavy atom. The van der Waals surface area contributed by atoms with Crippen molar-refractivity contribution in [2.45, 2.75) is 46.0 Å². The zero-order chi connectivity index (χ0) is 12.0. The van der Waals surface area contributed by atoms with Crippen LogP contribution in [0, 0.1) is 18.8 Å². The molecule has 0 nitrogen and oxygen atoms in total. The minimum atomic E-state index is 0.675. The Labute approximate surface area is 101 Å². The Kier molecular flexibility index (Phi) is 5.59. The maximum atomic E-state index is 4.02. The molecule has 0 aliphatic carbocycles. The SMILES string of the molecule is [CH2]CCC(c1ccccc1)C(C)C(C)CC. The maximum Gasteiger partial charge on any atom is -0.0134 e. The van der Waals surface area contributed by atoms with Gasteiger partial charge < -0.3 is 0 Å². The van der Waals surface area contributed by atoms with Gasteiger partial charge in [-0.3, -0.25) is 0 Å². The smallest absolute Gasteiger partial charge is 0.0134 e. The lowest BCUT2D eigenvalue weighted by Gasteiger charge is -2.28. The van der Waals surface area contributed by atoms with Crippen LogP contribution in [-0.2, 0) is 0 Å². The molecule has 0 amide bonds. The third kappa shape index (κ3) is 3.37. The van der Waals surface area contributed by atoms with Crippen LogP contribution in [0.5, 0.6) is 0 Å². The van der Waals surface area contributed by atoms with Crippen LogP contribution in [0.3, 0.4) is 0 Å². The van der Waals surface area contributed by atoms with Crippen LogP contribution in [0.4, 0.5) is 0 Å². The van der Waals surface area contributed by atoms with E-state index >= 15 is 0 Å². The molecule has 89 valence electrons. The molecule has 1 aromatic carbocycles. The Morgan fingerprint density at radius 2 is 1.75 bits per heavy atom. The summed E-state index contributed by atoms with van der Waals surface area (Å²) in [5.74, 6) is 2.21. The number of rotatable bonds is 6. The molecule has 0 saturated heterocycles. The molecule has 0 aliphatic rings. The first kappa shape index (κ1) is 13.3. The summed E-state index contributed by atoms with van der Waals surface area (Å²) >= 11 is 0. The van der Waals surface area contributed by atoms with Gasteiger partial charge in [0.25, 0.3) is 0 Å². The molecule has 0 heteroatoms. The fraction of sp³-hybridized carbons (Fsp3) is 0.562. The molecule has 0 heterocycles. The predicted octanol–water partition coefficient (Wildman–Crippen LogP) is 5.07. The molecule has 16 heavy (non-hydrogen) atoms. The van der Waals surface area contributed by atoms with Crippen molar-refractivity contribution < 1.29 is 0 Å². The highest BCUT2D eigenvalue weighted by Crippen LogP contribution is 2.34. The monoisotopic (exact) mass is 217 g/mol. The van der Waals surface area contributed by atoms with Crippen LogP contribution >= 0.6 is 0 Å². The van der Waals surface area contributed by atoms with Crippen molar-refractivity contribution in [2.75, 3.05) is 0 Å². The van der Waals surface area contributed by atoms with Gasteiger partial charge in [0.05, 0.1) is 0 Å². The van der Waals surface area contributed by atoms with Crippen LogP contribution in [-0.4, -0.2) is 0 Å². The van der Waals surface area contributed by atoms with Gasteiger partial charge >= 0.3 is 0 Å². The largest absolute Gasteiger partial charge is 0.0651 e. The van der Waals surface area contributed by atoms with E-state index in [2.05, 4.69) is 58.0 Å². The quantitative estimate of drug-likeness (QED) is 0.624. The third-order valence-corrected chi connectivity index (χ3v) is 3.92. The summed E-state index contributed by atoms with van der Waals surface area (Å²) in [6.45, 7) is 11.1. The standard InChI is InChI=1S/C16H25/c1-5-10-16(14(4)13(3)6-2)15-11-8-7-9-12-15/h7-9,11-14,16H,1,5-6,10H2,2-4H3. The van der Waals surface area contributed by atoms with Crippen LogP contribution in [0.2, 0.25) is 0 Å². The van der Waals surface area contributed by atoms with Crippen LogP contribution in [0.15, 0.2) is 30.3 Å². The van der Waals surface area contributed by atoms with E-state index in [-0.39, 0.29) is 0 Å². The van der Waals surface area contributed by atoms with E-state index < -0.39 is 0 Å². The number of benzene rings is 1. The van der Waals surface area contributed by atoms with Crippen LogP contribution in [0.1, 0.15) is 51.5 Å². The van der Waals surface area contributed by atoms with E-state index in [9.17, 15) is 0 Å². The first-order chi connectivity index (χ1) is 7.70. The molecule has 0 saturated carbocycles. The Bertz CT molecular complexity index is 275. The summed E-state index contributed by atoms with van der Waals surface area (Å²) in [7, 11) is 0. The minimum absolute atomic E-state index is 0.675. The molecule has 3 atom stereocenters. The lowest BCUT2D eigenvalue weighted by molar-refractivity contribution is 0.306. The molecule has 0 aromatic heterocycles. The van der Waals surface area contributed by atoms with Gasteiger partial charge in [-0.05, 0) is 29.7 Å². The third-order valence-electron chi connectivity index (χ3n) is 3.92. The topological polar surface area (TPSA) is 0 Å². The summed E-state index contributed by atoms with van der Waals surface area (Å²) in [4.78, 5) is 0. The summed E-state index contributed by atoms with van der Waals surface area (Å²) < 4.78 is 0. The van der Waals surface area contributed by atoms with Crippen molar-refractivity contribution in [1.29, 1.82) is 0 Å². The minimum Gasteiger partial charge on any atom is -0.0651 e. The maximum absolute atomic E-state index is 4.02. The van der Waals surface area contributed by atoms with Crippen molar-refractivity contribution in [1.82, 2.24) is 0 Å². The molecule has 0 fully saturated rings. The highest BCUT2D eigenvalue weighted by molar-refractivity contribution is 5.20. The fourth-order valence-electron chi connectivity index (χ4n) is 2.42. The Balaban J connectivity index is 2.82. The van der Waals surface area contributed by atoms with Gasteiger partial charge in [0.2, 0.25) is 0 Å². The van der Waals surface area contributed by atoms with Crippen molar-refractivity contribution in [2.24, 2.45) is 11.8 Å². The van der Waals surface area contributed by atoms with E-state index in [4.69, 9.17) is 0 Å². The van der Waals surface area contributed by atoms with E-state index in [1.807, 2.05) is 0 Å². The van der Waals surface area contributed by atoms with Crippen molar-refractivity contribution in [3.63, 3.8) is 0 Å². The second-order valence-corrected chi connectivity index (χ2v) is 4.90. The molecule has 3 unspecified atom stereocenters. The molecule has 1 radical (unpaired) electrons. The first-order valence-corrected chi connectivity index (χ1v) is 6.54. The molecule has 0 N–H and O–H groups in total. The Hall–Kier alpha value is -0.780. The van der Waals surface area contributed by atoms with E-state index in [1.165, 1.54) is 18.4 Å². The summed E-state index contributed by atoms with van der Waals surface area (Å²) in [6, 6.07) is 10.9. The molecular weight excluding hydrogens is 192 g/mol. The lowest BCUT2D eigenvalue weighted by Crippen LogP contribution is -2.17. The van der Waals surface area contributed by atoms with Gasteiger partial charge in [0.1, 0.15) is 0 Å². The number of hydrogen-bond donors (Lipinski definition) is 0. The molecule has 0 spiro atoms. The van der Waals surface area contributed by atoms with Crippen molar-refractivity contribution in [3.05, 3.63) is 42.8 Å². The predicted molar refractivity (Wildman–Crippen MR) is 72.4 cm³/mol. The molecule has 0 aliphatic heterocycles. The average molecular weight is 217 g/mol. The Morgan fingerprint density at radius 3 is 2.25 bits per heavy atom. The normalized spacial score (nSPS) is 16.8. The lowest BCUT2D eigenvalue weighted by atomic mass is 9.77. The van der Waals surface area contributed by atoms with Crippen LogP contribution < -0.4 is 0 Å². The van der Waals surface area contributed by atoms with E-state index in [0.717, 1.165) is 18.3 Å². The zero-order valence-electron chi connectivity index (χ0n) is 10.9. The van der Waals surface area contributed by atoms with Crippen LogP contribution in [0.25, 0.3) is 0 Å². The molecular formula is C16H25. The molecule has 1 aromatic rings. The van der Waals surface area contributed by atoms with E-state index in [0.29, 0.717) is 5.92 Å². The average Bonchev–Trinajstić information content (AvgIpc) is 2.35. The second-order valence-electron chi connectivity index (χ2n) is 4.90. The van der Waals surface area contributed by atoms with Gasteiger partial charge in [0.15, 0.2) is 0 Å². The molecule has 1 rings (SSSR count). The summed E-state index contributed by atoms with van der Waals surface area (Å²) in [5.41, 5.74) is 1.49. The molecule has 0 bridgehead atoms. The highest BCUT2D eigenvalue weighted by atomic mass is 14.3. The van der Waals surface area contributed by atoms with Gasteiger partial charge in [-0.2, -0.15) is 0 Å². The zero-order valence-corrected chi connectivity index (χ0v) is 10.9. The van der Waals surface area contributed by atoms with Crippen molar-refractivity contribution in [3.8, 4) is 0 Å². The van der Waals surface area contributed by atoms with Gasteiger partial charge in [-0.25, -0.2) is 0 Å². The highest BCUT2D eigenvalue weighted by Gasteiger charge is 2.22. The number of hydrogen-bond acceptors (Lipinski definition) is 0. The van der Waals surface area contributed by atoms with Gasteiger partial charge in [-0.15, -0.1) is 0 Å². The van der Waals surface area contributed by atoms with Gasteiger partial charge in [-0.1, -0.05) is 70.9 Å². The fourth-order valence-corrected chi connectivity index (χ4v) is 2.42. The van der Waals surface area contributed by atoms with Crippen molar-refractivity contribution >= 4 is 0 Å². The first-order valence-electron chi connectivity index (χ1n) is 6.54. The summed E-state index contributed by atoms with van der Waals surface area (Å²) in [5, 5.41) is 0. The summed E-state index contributed by atoms with van der Waals surface area (Å²) in [6.07, 6.45) is 3.50. The second kappa shape index (κ2) is 6.73. The van der Waals surface area contributed by atoms with E-state index in [1.54, 1.807) is 0 Å².